The Morgan fingerprint density at radius 3 is 2.75 bits per heavy atom. The van der Waals surface area contributed by atoms with E-state index < -0.39 is 0 Å². The summed E-state index contributed by atoms with van der Waals surface area (Å²) >= 11 is 1.81. The van der Waals surface area contributed by atoms with Gasteiger partial charge in [-0.2, -0.15) is 0 Å². The molecule has 4 heteroatoms. The number of hydrogen-bond donors (Lipinski definition) is 0. The van der Waals surface area contributed by atoms with Gasteiger partial charge < -0.3 is 4.90 Å². The highest BCUT2D eigenvalue weighted by Crippen LogP contribution is 2.20. The average molecular weight is 301 g/mol. The normalized spacial score (nSPS) is 21.1. The van der Waals surface area contributed by atoms with Crippen molar-refractivity contribution in [2.75, 3.05) is 31.9 Å². The van der Waals surface area contributed by atoms with E-state index in [2.05, 4.69) is 37.5 Å². The van der Waals surface area contributed by atoms with E-state index in [0.29, 0.717) is 11.9 Å². The number of hydrogen-bond acceptors (Lipinski definition) is 3. The molecule has 0 radical (unpaired) electrons. The van der Waals surface area contributed by atoms with Gasteiger partial charge in [-0.05, 0) is 52.0 Å². The molecule has 0 aromatic carbocycles. The van der Waals surface area contributed by atoms with Crippen LogP contribution in [-0.4, -0.2) is 58.9 Å². The van der Waals surface area contributed by atoms with Gasteiger partial charge in [0.05, 0.1) is 5.25 Å². The molecule has 1 saturated heterocycles. The lowest BCUT2D eigenvalue weighted by atomic mass is 10.2. The molecule has 1 aliphatic heterocycles. The first-order valence-corrected chi connectivity index (χ1v) is 9.33. The molecule has 0 N–H and O–H groups in total. The summed E-state index contributed by atoms with van der Waals surface area (Å²) in [5, 5.41) is 0.109. The topological polar surface area (TPSA) is 23.6 Å². The molecular formula is C16H32N2OS. The van der Waals surface area contributed by atoms with Crippen LogP contribution < -0.4 is 0 Å². The molecule has 1 fully saturated rings. The van der Waals surface area contributed by atoms with Crippen LogP contribution in [0.25, 0.3) is 0 Å². The van der Waals surface area contributed by atoms with E-state index in [0.717, 1.165) is 25.4 Å². The SMILES string of the molecule is CCCCS[C@@H](C)C(=O)N(CC)C[C@H]1CCCN1CC. The van der Waals surface area contributed by atoms with Crippen LogP contribution in [0, 0.1) is 0 Å². The highest BCUT2D eigenvalue weighted by atomic mass is 32.2. The molecular weight excluding hydrogens is 268 g/mol. The first-order chi connectivity index (χ1) is 9.63. The third-order valence-corrected chi connectivity index (χ3v) is 5.47. The minimum atomic E-state index is 0.109. The quantitative estimate of drug-likeness (QED) is 0.611. The second-order valence-electron chi connectivity index (χ2n) is 5.67. The van der Waals surface area contributed by atoms with Gasteiger partial charge in [-0.25, -0.2) is 0 Å². The van der Waals surface area contributed by atoms with Gasteiger partial charge in [-0.15, -0.1) is 11.8 Å². The molecule has 0 unspecified atom stereocenters. The van der Waals surface area contributed by atoms with E-state index in [-0.39, 0.29) is 5.25 Å². The van der Waals surface area contributed by atoms with E-state index in [9.17, 15) is 4.79 Å². The summed E-state index contributed by atoms with van der Waals surface area (Å²) in [6.07, 6.45) is 4.94. The van der Waals surface area contributed by atoms with Gasteiger partial charge >= 0.3 is 0 Å². The van der Waals surface area contributed by atoms with Crippen molar-refractivity contribution in [2.45, 2.75) is 64.7 Å². The lowest BCUT2D eigenvalue weighted by molar-refractivity contribution is -0.130. The third-order valence-electron chi connectivity index (χ3n) is 4.24. The smallest absolute Gasteiger partial charge is 0.235 e. The number of likely N-dealkylation sites (tertiary alicyclic amines) is 1. The minimum Gasteiger partial charge on any atom is -0.340 e. The van der Waals surface area contributed by atoms with Crippen molar-refractivity contribution < 1.29 is 4.79 Å². The molecule has 0 bridgehead atoms. The molecule has 0 aromatic heterocycles. The Kier molecular flexibility index (Phi) is 8.62. The molecule has 2 atom stereocenters. The summed E-state index contributed by atoms with van der Waals surface area (Å²) in [6, 6.07) is 0.580. The number of carbonyl (C=O) groups excluding carboxylic acids is 1. The van der Waals surface area contributed by atoms with Gasteiger partial charge in [0.1, 0.15) is 0 Å². The predicted octanol–water partition coefficient (Wildman–Crippen LogP) is 3.24. The van der Waals surface area contributed by atoms with Gasteiger partial charge in [-0.1, -0.05) is 20.3 Å². The molecule has 0 aliphatic carbocycles. The predicted molar refractivity (Wildman–Crippen MR) is 89.4 cm³/mol. The molecule has 3 nitrogen and oxygen atoms in total. The number of carbonyl (C=O) groups is 1. The van der Waals surface area contributed by atoms with Crippen LogP contribution in [0.2, 0.25) is 0 Å². The number of unbranched alkanes of at least 4 members (excludes halogenated alkanes) is 1. The molecule has 118 valence electrons. The summed E-state index contributed by atoms with van der Waals surface area (Å²) in [5.41, 5.74) is 0. The molecule has 1 rings (SSSR count). The number of likely N-dealkylation sites (N-methyl/N-ethyl adjacent to an activating group) is 2. The maximum atomic E-state index is 12.5. The third kappa shape index (κ3) is 5.28. The Labute approximate surface area is 129 Å². The molecule has 1 amide bonds. The zero-order valence-corrected chi connectivity index (χ0v) is 14.5. The standard InChI is InChI=1S/C16H32N2OS/c1-5-8-12-20-14(4)16(19)18(7-3)13-15-10-9-11-17(15)6-2/h14-15H,5-13H2,1-4H3/t14-,15+/m0/s1. The van der Waals surface area contributed by atoms with Crippen molar-refractivity contribution in [3.63, 3.8) is 0 Å². The van der Waals surface area contributed by atoms with Crippen molar-refractivity contribution in [3.8, 4) is 0 Å². The number of nitrogens with zero attached hydrogens (tertiary/aromatic N) is 2. The largest absolute Gasteiger partial charge is 0.340 e. The fourth-order valence-corrected chi connectivity index (χ4v) is 3.98. The highest BCUT2D eigenvalue weighted by Gasteiger charge is 2.28. The fraction of sp³-hybridized carbons (Fsp3) is 0.938. The lowest BCUT2D eigenvalue weighted by Gasteiger charge is -2.31. The van der Waals surface area contributed by atoms with Crippen molar-refractivity contribution in [1.29, 1.82) is 0 Å². The van der Waals surface area contributed by atoms with Gasteiger partial charge in [-0.3, -0.25) is 9.69 Å². The highest BCUT2D eigenvalue weighted by molar-refractivity contribution is 8.00. The van der Waals surface area contributed by atoms with Gasteiger partial charge in [0.15, 0.2) is 0 Å². The van der Waals surface area contributed by atoms with E-state index in [1.165, 1.54) is 32.2 Å². The first-order valence-electron chi connectivity index (χ1n) is 8.28. The van der Waals surface area contributed by atoms with Crippen LogP contribution >= 0.6 is 11.8 Å². The van der Waals surface area contributed by atoms with Gasteiger partial charge in [0.2, 0.25) is 5.91 Å². The Hall–Kier alpha value is -0.220. The Morgan fingerprint density at radius 1 is 1.40 bits per heavy atom. The summed E-state index contributed by atoms with van der Waals surface area (Å²) in [4.78, 5) is 17.1. The summed E-state index contributed by atoms with van der Waals surface area (Å²) in [7, 11) is 0. The number of rotatable bonds is 9. The maximum absolute atomic E-state index is 12.5. The van der Waals surface area contributed by atoms with Gasteiger partial charge in [0.25, 0.3) is 0 Å². The lowest BCUT2D eigenvalue weighted by Crippen LogP contribution is -2.45. The van der Waals surface area contributed by atoms with Crippen LogP contribution in [-0.2, 0) is 4.79 Å². The Bertz CT molecular complexity index is 286. The Balaban J connectivity index is 2.45. The zero-order chi connectivity index (χ0) is 15.0. The van der Waals surface area contributed by atoms with Crippen molar-refractivity contribution in [3.05, 3.63) is 0 Å². The monoisotopic (exact) mass is 300 g/mol. The van der Waals surface area contributed by atoms with Crippen LogP contribution in [0.15, 0.2) is 0 Å². The second-order valence-corrected chi connectivity index (χ2v) is 7.12. The van der Waals surface area contributed by atoms with Crippen LogP contribution in [0.4, 0.5) is 0 Å². The molecule has 20 heavy (non-hydrogen) atoms. The van der Waals surface area contributed by atoms with Crippen LogP contribution in [0.1, 0.15) is 53.4 Å². The van der Waals surface area contributed by atoms with E-state index >= 15 is 0 Å². The summed E-state index contributed by atoms with van der Waals surface area (Å²) in [6.45, 7) is 12.7. The van der Waals surface area contributed by atoms with E-state index in [1.54, 1.807) is 0 Å². The molecule has 1 aliphatic rings. The first kappa shape index (κ1) is 17.8. The molecule has 0 spiro atoms. The van der Waals surface area contributed by atoms with Crippen molar-refractivity contribution >= 4 is 17.7 Å². The Morgan fingerprint density at radius 2 is 2.15 bits per heavy atom. The second kappa shape index (κ2) is 9.67. The molecule has 0 aromatic rings. The maximum Gasteiger partial charge on any atom is 0.235 e. The zero-order valence-electron chi connectivity index (χ0n) is 13.7. The van der Waals surface area contributed by atoms with Gasteiger partial charge in [0, 0.05) is 19.1 Å². The van der Waals surface area contributed by atoms with E-state index in [1.807, 2.05) is 11.8 Å². The van der Waals surface area contributed by atoms with Crippen molar-refractivity contribution in [2.24, 2.45) is 0 Å². The number of thioether (sulfide) groups is 1. The van der Waals surface area contributed by atoms with Crippen LogP contribution in [0.5, 0.6) is 0 Å². The molecule has 1 heterocycles. The van der Waals surface area contributed by atoms with Crippen LogP contribution in [0.3, 0.4) is 0 Å². The number of amides is 1. The van der Waals surface area contributed by atoms with E-state index in [4.69, 9.17) is 0 Å². The fourth-order valence-electron chi connectivity index (χ4n) is 2.88. The van der Waals surface area contributed by atoms with Crippen molar-refractivity contribution in [1.82, 2.24) is 9.80 Å². The minimum absolute atomic E-state index is 0.109. The summed E-state index contributed by atoms with van der Waals surface area (Å²) in [5.74, 6) is 1.43. The molecule has 0 saturated carbocycles. The summed E-state index contributed by atoms with van der Waals surface area (Å²) < 4.78 is 0. The average Bonchev–Trinajstić information content (AvgIpc) is 2.91.